The molecule has 1 atom stereocenters. The maximum absolute atomic E-state index is 11.9. The summed E-state index contributed by atoms with van der Waals surface area (Å²) in [5.41, 5.74) is 0. The molecule has 8 nitrogen and oxygen atoms in total. The first kappa shape index (κ1) is 18.8. The first-order valence-electron chi connectivity index (χ1n) is 9.04. The van der Waals surface area contributed by atoms with Crippen LogP contribution in [0, 0.1) is 5.92 Å². The van der Waals surface area contributed by atoms with Crippen LogP contribution in [0.4, 0.5) is 0 Å². The Morgan fingerprint density at radius 2 is 2.08 bits per heavy atom. The minimum atomic E-state index is -3.15. The molecule has 1 aromatic rings. The van der Waals surface area contributed by atoms with Crippen LogP contribution in [0.2, 0.25) is 0 Å². The third-order valence-corrected chi connectivity index (χ3v) is 6.75. The lowest BCUT2D eigenvalue weighted by Crippen LogP contribution is -2.29. The summed E-state index contributed by atoms with van der Waals surface area (Å²) in [5, 5.41) is 4.00. The lowest BCUT2D eigenvalue weighted by Gasteiger charge is -2.21. The van der Waals surface area contributed by atoms with Crippen molar-refractivity contribution in [3.05, 3.63) is 11.7 Å². The molecule has 0 aromatic carbocycles. The first-order chi connectivity index (χ1) is 12.1. The average molecular weight is 373 g/mol. The quantitative estimate of drug-likeness (QED) is 0.632. The molecule has 2 aliphatic heterocycles. The molecule has 0 radical (unpaired) electrons. The number of aromatic nitrogens is 2. The molecule has 0 aliphatic carbocycles. The van der Waals surface area contributed by atoms with Gasteiger partial charge in [0.15, 0.2) is 5.82 Å². The van der Waals surface area contributed by atoms with Crippen LogP contribution in [0.15, 0.2) is 4.52 Å². The van der Waals surface area contributed by atoms with E-state index >= 15 is 0 Å². The van der Waals surface area contributed by atoms with Gasteiger partial charge in [-0.1, -0.05) is 5.16 Å². The highest BCUT2D eigenvalue weighted by Crippen LogP contribution is 2.27. The van der Waals surface area contributed by atoms with Gasteiger partial charge >= 0.3 is 0 Å². The summed E-state index contributed by atoms with van der Waals surface area (Å²) in [4.78, 5) is 4.42. The second kappa shape index (κ2) is 8.57. The fourth-order valence-electron chi connectivity index (χ4n) is 3.23. The van der Waals surface area contributed by atoms with Gasteiger partial charge in [0.2, 0.25) is 15.9 Å². The number of hydrogen-bond acceptors (Lipinski definition) is 7. The molecule has 1 aromatic heterocycles. The molecular weight excluding hydrogens is 346 g/mol. The summed E-state index contributed by atoms with van der Waals surface area (Å²) in [6.45, 7) is 5.58. The smallest absolute Gasteiger partial charge is 0.231 e. The molecule has 9 heteroatoms. The molecule has 0 N–H and O–H groups in total. The Labute approximate surface area is 148 Å². The van der Waals surface area contributed by atoms with E-state index in [2.05, 4.69) is 10.1 Å². The van der Waals surface area contributed by atoms with Gasteiger partial charge in [-0.3, -0.25) is 0 Å². The Morgan fingerprint density at radius 3 is 2.84 bits per heavy atom. The summed E-state index contributed by atoms with van der Waals surface area (Å²) in [6, 6.07) is 0. The third-order valence-electron chi connectivity index (χ3n) is 4.91. The topological polar surface area (TPSA) is 94.8 Å². The van der Waals surface area contributed by atoms with Crippen molar-refractivity contribution in [3.63, 3.8) is 0 Å². The second-order valence-corrected chi connectivity index (χ2v) is 8.93. The molecule has 0 amide bonds. The van der Waals surface area contributed by atoms with Crippen LogP contribution in [0.5, 0.6) is 0 Å². The van der Waals surface area contributed by atoms with Crippen molar-refractivity contribution in [2.24, 2.45) is 5.92 Å². The van der Waals surface area contributed by atoms with Crippen LogP contribution >= 0.6 is 0 Å². The van der Waals surface area contributed by atoms with Gasteiger partial charge in [0, 0.05) is 39.3 Å². The van der Waals surface area contributed by atoms with E-state index in [9.17, 15) is 8.42 Å². The number of ether oxygens (including phenoxy) is 2. The van der Waals surface area contributed by atoms with E-state index in [-0.39, 0.29) is 11.7 Å². The number of nitrogens with zero attached hydrogens (tertiary/aromatic N) is 3. The zero-order chi connectivity index (χ0) is 17.7. The molecule has 2 saturated heterocycles. The van der Waals surface area contributed by atoms with Gasteiger partial charge in [-0.25, -0.2) is 12.7 Å². The zero-order valence-corrected chi connectivity index (χ0v) is 15.5. The Kier molecular flexibility index (Phi) is 6.43. The lowest BCUT2D eigenvalue weighted by molar-refractivity contribution is 0.0211. The van der Waals surface area contributed by atoms with Crippen molar-refractivity contribution in [1.29, 1.82) is 0 Å². The fraction of sp³-hybridized carbons (Fsp3) is 0.875. The molecule has 2 fully saturated rings. The van der Waals surface area contributed by atoms with Gasteiger partial charge in [0.05, 0.1) is 18.3 Å². The van der Waals surface area contributed by atoms with Crippen LogP contribution in [0.25, 0.3) is 0 Å². The van der Waals surface area contributed by atoms with Gasteiger partial charge in [0.1, 0.15) is 0 Å². The lowest BCUT2D eigenvalue weighted by atomic mass is 10.0. The monoisotopic (exact) mass is 373 g/mol. The summed E-state index contributed by atoms with van der Waals surface area (Å²) in [7, 11) is -3.15. The van der Waals surface area contributed by atoms with E-state index < -0.39 is 10.0 Å². The molecular formula is C16H27N3O5S. The SMILES string of the molecule is CCS(=O)(=O)N1CCC(c2nc(CCOCC3CCOCC3)no2)C1. The maximum Gasteiger partial charge on any atom is 0.231 e. The van der Waals surface area contributed by atoms with Crippen LogP contribution in [0.3, 0.4) is 0 Å². The highest BCUT2D eigenvalue weighted by molar-refractivity contribution is 7.89. The van der Waals surface area contributed by atoms with E-state index in [1.807, 2.05) is 0 Å². The number of hydrogen-bond donors (Lipinski definition) is 0. The standard InChI is InChI=1S/C16H27N3O5S/c1-2-25(20,21)19-7-3-14(11-19)16-17-15(18-24-16)6-10-23-12-13-4-8-22-9-5-13/h13-14H,2-12H2,1H3. The van der Waals surface area contributed by atoms with E-state index in [1.54, 1.807) is 6.92 Å². The van der Waals surface area contributed by atoms with Crippen molar-refractivity contribution in [2.75, 3.05) is 45.3 Å². The van der Waals surface area contributed by atoms with Crippen LogP contribution in [0.1, 0.15) is 43.8 Å². The Morgan fingerprint density at radius 1 is 1.28 bits per heavy atom. The predicted molar refractivity (Wildman–Crippen MR) is 90.8 cm³/mol. The molecule has 0 spiro atoms. The Balaban J connectivity index is 1.42. The summed E-state index contributed by atoms with van der Waals surface area (Å²) in [6.07, 6.45) is 3.45. The molecule has 142 valence electrons. The van der Waals surface area contributed by atoms with E-state index in [4.69, 9.17) is 14.0 Å². The van der Waals surface area contributed by atoms with Crippen LogP contribution < -0.4 is 0 Å². The second-order valence-electron chi connectivity index (χ2n) is 6.67. The summed E-state index contributed by atoms with van der Waals surface area (Å²) < 4.78 is 41.8. The Bertz CT molecular complexity index is 642. The van der Waals surface area contributed by atoms with Crippen molar-refractivity contribution in [3.8, 4) is 0 Å². The summed E-state index contributed by atoms with van der Waals surface area (Å²) in [5.74, 6) is 1.86. The van der Waals surface area contributed by atoms with Gasteiger partial charge < -0.3 is 14.0 Å². The average Bonchev–Trinajstić information content (AvgIpc) is 3.29. The van der Waals surface area contributed by atoms with Crippen molar-refractivity contribution < 1.29 is 22.4 Å². The fourth-order valence-corrected chi connectivity index (χ4v) is 4.38. The molecule has 0 bridgehead atoms. The Hall–Kier alpha value is -1.03. The van der Waals surface area contributed by atoms with Crippen molar-refractivity contribution in [1.82, 2.24) is 14.4 Å². The predicted octanol–water partition coefficient (Wildman–Crippen LogP) is 1.19. The van der Waals surface area contributed by atoms with E-state index in [1.165, 1.54) is 4.31 Å². The third kappa shape index (κ3) is 4.99. The minimum Gasteiger partial charge on any atom is -0.381 e. The van der Waals surface area contributed by atoms with Crippen LogP contribution in [-0.4, -0.2) is 68.1 Å². The minimum absolute atomic E-state index is 0.00858. The normalized spacial score (nSPS) is 23.3. The van der Waals surface area contributed by atoms with Gasteiger partial charge in [-0.15, -0.1) is 0 Å². The molecule has 1 unspecified atom stereocenters. The summed E-state index contributed by atoms with van der Waals surface area (Å²) >= 11 is 0. The molecule has 2 aliphatic rings. The van der Waals surface area contributed by atoms with Gasteiger partial charge in [-0.2, -0.15) is 4.98 Å². The highest BCUT2D eigenvalue weighted by Gasteiger charge is 2.34. The zero-order valence-electron chi connectivity index (χ0n) is 14.7. The number of rotatable bonds is 8. The molecule has 25 heavy (non-hydrogen) atoms. The molecule has 3 heterocycles. The van der Waals surface area contributed by atoms with E-state index in [0.29, 0.717) is 43.8 Å². The number of sulfonamides is 1. The maximum atomic E-state index is 11.9. The molecule has 3 rings (SSSR count). The largest absolute Gasteiger partial charge is 0.381 e. The van der Waals surface area contributed by atoms with Gasteiger partial charge in [0.25, 0.3) is 0 Å². The highest BCUT2D eigenvalue weighted by atomic mass is 32.2. The first-order valence-corrected chi connectivity index (χ1v) is 10.6. The molecule has 0 saturated carbocycles. The van der Waals surface area contributed by atoms with Crippen LogP contribution in [-0.2, 0) is 25.9 Å². The van der Waals surface area contributed by atoms with E-state index in [0.717, 1.165) is 39.1 Å². The van der Waals surface area contributed by atoms with Crippen molar-refractivity contribution in [2.45, 2.75) is 38.5 Å². The van der Waals surface area contributed by atoms with Crippen molar-refractivity contribution >= 4 is 10.0 Å². The van der Waals surface area contributed by atoms with Gasteiger partial charge in [-0.05, 0) is 32.1 Å².